The van der Waals surface area contributed by atoms with Crippen LogP contribution < -0.4 is 9.47 Å². The van der Waals surface area contributed by atoms with Crippen molar-refractivity contribution in [3.05, 3.63) is 23.8 Å². The molecule has 0 radical (unpaired) electrons. The summed E-state index contributed by atoms with van der Waals surface area (Å²) in [7, 11) is 1.62. The zero-order valence-electron chi connectivity index (χ0n) is 16.1. The fourth-order valence-electron chi connectivity index (χ4n) is 3.19. The molecule has 1 aromatic carbocycles. The highest BCUT2D eigenvalue weighted by molar-refractivity contribution is 5.77. The minimum Gasteiger partial charge on any atom is -0.493 e. The van der Waals surface area contributed by atoms with Crippen LogP contribution in [0.4, 0.5) is 0 Å². The van der Waals surface area contributed by atoms with E-state index in [0.29, 0.717) is 44.7 Å². The molecular formula is C20H30N2O4. The lowest BCUT2D eigenvalue weighted by Gasteiger charge is -2.22. The van der Waals surface area contributed by atoms with Crippen molar-refractivity contribution >= 4 is 11.8 Å². The molecule has 1 aliphatic rings. The van der Waals surface area contributed by atoms with Gasteiger partial charge in [0.15, 0.2) is 11.5 Å². The maximum atomic E-state index is 12.6. The third kappa shape index (κ3) is 5.38. The fourth-order valence-corrected chi connectivity index (χ4v) is 3.19. The smallest absolute Gasteiger partial charge is 0.222 e. The second kappa shape index (κ2) is 10.0. The molecule has 2 rings (SSSR count). The topological polar surface area (TPSA) is 59.1 Å². The number of benzene rings is 1. The van der Waals surface area contributed by atoms with Gasteiger partial charge in [0.25, 0.3) is 0 Å². The monoisotopic (exact) mass is 362 g/mol. The van der Waals surface area contributed by atoms with Crippen LogP contribution >= 0.6 is 0 Å². The summed E-state index contributed by atoms with van der Waals surface area (Å²) in [6.45, 7) is 7.11. The maximum absolute atomic E-state index is 12.6. The quantitative estimate of drug-likeness (QED) is 0.748. The molecule has 0 aromatic heterocycles. The highest BCUT2D eigenvalue weighted by Gasteiger charge is 2.21. The number of rotatable bonds is 7. The standard InChI is InChI=1S/C20H30N2O4/c1-4-19(23)21-11-6-12-22(14-13-21)20(24)10-8-16-7-9-17(26-5-2)18(15-16)25-3/h7,9,15H,4-6,8,10-14H2,1-3H3. The third-order valence-corrected chi connectivity index (χ3v) is 4.66. The van der Waals surface area contributed by atoms with Gasteiger partial charge in [-0.05, 0) is 37.5 Å². The minimum atomic E-state index is 0.142. The molecule has 1 fully saturated rings. The number of carbonyl (C=O) groups is 2. The van der Waals surface area contributed by atoms with Crippen LogP contribution in [0.1, 0.15) is 38.7 Å². The molecule has 1 saturated heterocycles. The van der Waals surface area contributed by atoms with Gasteiger partial charge in [-0.25, -0.2) is 0 Å². The van der Waals surface area contributed by atoms with Gasteiger partial charge in [-0.15, -0.1) is 0 Å². The summed E-state index contributed by atoms with van der Waals surface area (Å²) in [6.07, 6.45) is 2.48. The zero-order chi connectivity index (χ0) is 18.9. The number of carbonyl (C=O) groups excluding carboxylic acids is 2. The summed E-state index contributed by atoms with van der Waals surface area (Å²) < 4.78 is 10.9. The predicted octanol–water partition coefficient (Wildman–Crippen LogP) is 2.50. The summed E-state index contributed by atoms with van der Waals surface area (Å²) in [5, 5.41) is 0. The minimum absolute atomic E-state index is 0.142. The van der Waals surface area contributed by atoms with Gasteiger partial charge >= 0.3 is 0 Å². The van der Waals surface area contributed by atoms with E-state index in [1.165, 1.54) is 0 Å². The molecule has 0 spiro atoms. The molecule has 2 amide bonds. The Labute approximate surface area is 156 Å². The summed E-state index contributed by atoms with van der Waals surface area (Å²) in [5.41, 5.74) is 1.05. The van der Waals surface area contributed by atoms with Crippen molar-refractivity contribution in [2.24, 2.45) is 0 Å². The number of methoxy groups -OCH3 is 1. The van der Waals surface area contributed by atoms with Crippen LogP contribution in [0.15, 0.2) is 18.2 Å². The molecule has 0 aliphatic carbocycles. The lowest BCUT2D eigenvalue weighted by molar-refractivity contribution is -0.133. The number of nitrogens with zero attached hydrogens (tertiary/aromatic N) is 2. The lowest BCUT2D eigenvalue weighted by Crippen LogP contribution is -2.37. The molecular weight excluding hydrogens is 332 g/mol. The molecule has 0 unspecified atom stereocenters. The Bertz CT molecular complexity index is 618. The maximum Gasteiger partial charge on any atom is 0.222 e. The summed E-state index contributed by atoms with van der Waals surface area (Å²) in [6, 6.07) is 5.80. The van der Waals surface area contributed by atoms with Gasteiger partial charge in [-0.3, -0.25) is 9.59 Å². The summed E-state index contributed by atoms with van der Waals surface area (Å²) >= 11 is 0. The van der Waals surface area contributed by atoms with E-state index in [0.717, 1.165) is 30.8 Å². The fraction of sp³-hybridized carbons (Fsp3) is 0.600. The van der Waals surface area contributed by atoms with E-state index in [1.54, 1.807) is 7.11 Å². The van der Waals surface area contributed by atoms with Crippen molar-refractivity contribution < 1.29 is 19.1 Å². The van der Waals surface area contributed by atoms with Crippen LogP contribution in [0.5, 0.6) is 11.5 Å². The Morgan fingerprint density at radius 2 is 1.69 bits per heavy atom. The Kier molecular flexibility index (Phi) is 7.75. The van der Waals surface area contributed by atoms with Gasteiger partial charge < -0.3 is 19.3 Å². The van der Waals surface area contributed by atoms with Gasteiger partial charge in [0.1, 0.15) is 0 Å². The molecule has 0 bridgehead atoms. The SMILES string of the molecule is CCOc1ccc(CCC(=O)N2CCCN(C(=O)CC)CC2)cc1OC. The zero-order valence-corrected chi connectivity index (χ0v) is 16.1. The highest BCUT2D eigenvalue weighted by Crippen LogP contribution is 2.28. The van der Waals surface area contributed by atoms with E-state index < -0.39 is 0 Å². The molecule has 1 heterocycles. The van der Waals surface area contributed by atoms with Crippen molar-refractivity contribution in [1.29, 1.82) is 0 Å². The first-order valence-electron chi connectivity index (χ1n) is 9.44. The molecule has 144 valence electrons. The van der Waals surface area contributed by atoms with Crippen LogP contribution in [-0.2, 0) is 16.0 Å². The number of ether oxygens (including phenoxy) is 2. The third-order valence-electron chi connectivity index (χ3n) is 4.66. The van der Waals surface area contributed by atoms with E-state index in [-0.39, 0.29) is 11.8 Å². The van der Waals surface area contributed by atoms with Gasteiger partial charge in [0, 0.05) is 39.0 Å². The van der Waals surface area contributed by atoms with Crippen molar-refractivity contribution in [3.8, 4) is 11.5 Å². The number of amides is 2. The summed E-state index contributed by atoms with van der Waals surface area (Å²) in [4.78, 5) is 28.2. The average molecular weight is 362 g/mol. The highest BCUT2D eigenvalue weighted by atomic mass is 16.5. The first-order valence-corrected chi connectivity index (χ1v) is 9.44. The molecule has 1 aromatic rings. The molecule has 6 heteroatoms. The first-order chi connectivity index (χ1) is 12.6. The van der Waals surface area contributed by atoms with E-state index in [1.807, 2.05) is 41.8 Å². The Morgan fingerprint density at radius 3 is 2.31 bits per heavy atom. The van der Waals surface area contributed by atoms with Crippen LogP contribution in [0.25, 0.3) is 0 Å². The number of hydrogen-bond acceptors (Lipinski definition) is 4. The second-order valence-electron chi connectivity index (χ2n) is 6.39. The molecule has 1 aliphatic heterocycles. The lowest BCUT2D eigenvalue weighted by atomic mass is 10.1. The Morgan fingerprint density at radius 1 is 1.00 bits per heavy atom. The predicted molar refractivity (Wildman–Crippen MR) is 101 cm³/mol. The van der Waals surface area contributed by atoms with Crippen molar-refractivity contribution in [2.45, 2.75) is 39.5 Å². The summed E-state index contributed by atoms with van der Waals surface area (Å²) in [5.74, 6) is 1.72. The second-order valence-corrected chi connectivity index (χ2v) is 6.39. The van der Waals surface area contributed by atoms with Crippen molar-refractivity contribution in [3.63, 3.8) is 0 Å². The number of aryl methyl sites for hydroxylation is 1. The molecule has 0 saturated carbocycles. The van der Waals surface area contributed by atoms with Gasteiger partial charge in [-0.2, -0.15) is 0 Å². The van der Waals surface area contributed by atoms with Crippen molar-refractivity contribution in [1.82, 2.24) is 9.80 Å². The molecule has 26 heavy (non-hydrogen) atoms. The molecule has 0 N–H and O–H groups in total. The van der Waals surface area contributed by atoms with E-state index in [4.69, 9.17) is 9.47 Å². The first kappa shape index (κ1) is 20.1. The Hall–Kier alpha value is -2.24. The van der Waals surface area contributed by atoms with Gasteiger partial charge in [0.2, 0.25) is 11.8 Å². The van der Waals surface area contributed by atoms with E-state index in [2.05, 4.69) is 0 Å². The number of hydrogen-bond donors (Lipinski definition) is 0. The largest absolute Gasteiger partial charge is 0.493 e. The molecule has 0 atom stereocenters. The van der Waals surface area contributed by atoms with Crippen LogP contribution in [-0.4, -0.2) is 61.5 Å². The van der Waals surface area contributed by atoms with Crippen LogP contribution in [0, 0.1) is 0 Å². The molecule has 6 nitrogen and oxygen atoms in total. The Balaban J connectivity index is 1.89. The van der Waals surface area contributed by atoms with Crippen molar-refractivity contribution in [2.75, 3.05) is 39.9 Å². The van der Waals surface area contributed by atoms with Gasteiger partial charge in [-0.1, -0.05) is 13.0 Å². The van der Waals surface area contributed by atoms with Crippen LogP contribution in [0.2, 0.25) is 0 Å². The normalized spacial score (nSPS) is 14.7. The van der Waals surface area contributed by atoms with E-state index >= 15 is 0 Å². The average Bonchev–Trinajstić information content (AvgIpc) is 2.92. The van der Waals surface area contributed by atoms with Crippen LogP contribution in [0.3, 0.4) is 0 Å². The van der Waals surface area contributed by atoms with Gasteiger partial charge in [0.05, 0.1) is 13.7 Å². The van der Waals surface area contributed by atoms with E-state index in [9.17, 15) is 9.59 Å².